The van der Waals surface area contributed by atoms with Crippen LogP contribution in [0.5, 0.6) is 0 Å². The lowest BCUT2D eigenvalue weighted by molar-refractivity contribution is -0.0754. The normalized spacial score (nSPS) is 26.7. The van der Waals surface area contributed by atoms with Gasteiger partial charge in [0.15, 0.2) is 9.84 Å². The molecule has 18 heavy (non-hydrogen) atoms. The SMILES string of the molecule is CC(C)(CN)C1(O)CCS(=O)(=O)c2ccccc21. The van der Waals surface area contributed by atoms with Crippen LogP contribution in [0.15, 0.2) is 29.2 Å². The van der Waals surface area contributed by atoms with Crippen molar-refractivity contribution < 1.29 is 13.5 Å². The summed E-state index contributed by atoms with van der Waals surface area (Å²) in [4.78, 5) is 0.236. The Morgan fingerprint density at radius 1 is 1.39 bits per heavy atom. The molecule has 0 bridgehead atoms. The number of sulfone groups is 1. The van der Waals surface area contributed by atoms with E-state index in [1.54, 1.807) is 24.3 Å². The second-order valence-electron chi connectivity index (χ2n) is 5.51. The summed E-state index contributed by atoms with van der Waals surface area (Å²) in [5.74, 6) is -0.0378. The number of fused-ring (bicyclic) bond motifs is 1. The first-order valence-electron chi connectivity index (χ1n) is 5.99. The molecule has 1 aliphatic rings. The minimum atomic E-state index is -3.28. The van der Waals surface area contributed by atoms with E-state index in [0.717, 1.165) is 0 Å². The van der Waals surface area contributed by atoms with Crippen LogP contribution in [0.25, 0.3) is 0 Å². The molecule has 0 aromatic heterocycles. The molecular formula is C13H19NO3S. The monoisotopic (exact) mass is 269 g/mol. The molecule has 0 aliphatic carbocycles. The lowest BCUT2D eigenvalue weighted by Gasteiger charge is -2.45. The van der Waals surface area contributed by atoms with Crippen LogP contribution < -0.4 is 5.73 Å². The summed E-state index contributed by atoms with van der Waals surface area (Å²) in [5.41, 5.74) is 4.45. The van der Waals surface area contributed by atoms with E-state index in [1.807, 2.05) is 13.8 Å². The number of aliphatic hydroxyl groups is 1. The quantitative estimate of drug-likeness (QED) is 0.840. The van der Waals surface area contributed by atoms with Gasteiger partial charge >= 0.3 is 0 Å². The molecule has 1 aliphatic heterocycles. The number of rotatable bonds is 2. The van der Waals surface area contributed by atoms with Crippen LogP contribution in [0.4, 0.5) is 0 Å². The van der Waals surface area contributed by atoms with Crippen LogP contribution in [0.2, 0.25) is 0 Å². The molecule has 2 rings (SSSR count). The summed E-state index contributed by atoms with van der Waals surface area (Å²) >= 11 is 0. The van der Waals surface area contributed by atoms with Gasteiger partial charge in [-0.2, -0.15) is 0 Å². The minimum Gasteiger partial charge on any atom is -0.384 e. The maximum Gasteiger partial charge on any atom is 0.178 e. The summed E-state index contributed by atoms with van der Waals surface area (Å²) in [6, 6.07) is 6.67. The highest BCUT2D eigenvalue weighted by atomic mass is 32.2. The van der Waals surface area contributed by atoms with E-state index in [-0.39, 0.29) is 23.6 Å². The molecule has 0 saturated heterocycles. The molecule has 1 atom stereocenters. The van der Waals surface area contributed by atoms with Crippen molar-refractivity contribution in [2.75, 3.05) is 12.3 Å². The van der Waals surface area contributed by atoms with Gasteiger partial charge in [0.1, 0.15) is 0 Å². The largest absolute Gasteiger partial charge is 0.384 e. The van der Waals surface area contributed by atoms with Crippen LogP contribution >= 0.6 is 0 Å². The van der Waals surface area contributed by atoms with E-state index >= 15 is 0 Å². The molecular weight excluding hydrogens is 250 g/mol. The molecule has 0 fully saturated rings. The minimum absolute atomic E-state index is 0.0378. The summed E-state index contributed by atoms with van der Waals surface area (Å²) in [6.45, 7) is 4.02. The molecule has 3 N–H and O–H groups in total. The highest BCUT2D eigenvalue weighted by molar-refractivity contribution is 7.91. The molecule has 0 saturated carbocycles. The first kappa shape index (κ1) is 13.5. The van der Waals surface area contributed by atoms with Crippen molar-refractivity contribution >= 4 is 9.84 Å². The Balaban J connectivity index is 2.70. The summed E-state index contributed by atoms with van der Waals surface area (Å²) in [7, 11) is -3.28. The Labute approximate surface area is 108 Å². The molecule has 100 valence electrons. The van der Waals surface area contributed by atoms with Gasteiger partial charge in [0.2, 0.25) is 0 Å². The summed E-state index contributed by atoms with van der Waals surface area (Å²) in [6.07, 6.45) is 0.191. The number of hydrogen-bond donors (Lipinski definition) is 2. The third-order valence-corrected chi connectivity index (χ3v) is 5.80. The van der Waals surface area contributed by atoms with Gasteiger partial charge in [-0.05, 0) is 12.5 Å². The third-order valence-electron chi connectivity index (χ3n) is 4.03. The zero-order valence-corrected chi connectivity index (χ0v) is 11.5. The Hall–Kier alpha value is -0.910. The van der Waals surface area contributed by atoms with E-state index < -0.39 is 20.9 Å². The lowest BCUT2D eigenvalue weighted by atomic mass is 9.69. The Bertz CT molecular complexity index is 565. The lowest BCUT2D eigenvalue weighted by Crippen LogP contribution is -2.50. The van der Waals surface area contributed by atoms with Crippen molar-refractivity contribution in [2.45, 2.75) is 30.8 Å². The van der Waals surface area contributed by atoms with Gasteiger partial charge in [0.25, 0.3) is 0 Å². The van der Waals surface area contributed by atoms with Crippen molar-refractivity contribution in [2.24, 2.45) is 11.1 Å². The van der Waals surface area contributed by atoms with Crippen molar-refractivity contribution in [3.63, 3.8) is 0 Å². The Morgan fingerprint density at radius 3 is 2.61 bits per heavy atom. The predicted molar refractivity (Wildman–Crippen MR) is 69.8 cm³/mol. The second-order valence-corrected chi connectivity index (χ2v) is 7.59. The summed E-state index contributed by atoms with van der Waals surface area (Å²) < 4.78 is 24.1. The molecule has 0 amide bonds. The fraction of sp³-hybridized carbons (Fsp3) is 0.538. The van der Waals surface area contributed by atoms with Crippen LogP contribution in [0.1, 0.15) is 25.8 Å². The van der Waals surface area contributed by atoms with Crippen LogP contribution in [0, 0.1) is 5.41 Å². The van der Waals surface area contributed by atoms with Gasteiger partial charge in [-0.1, -0.05) is 32.0 Å². The maximum absolute atomic E-state index is 12.0. The van der Waals surface area contributed by atoms with Gasteiger partial charge in [0, 0.05) is 17.5 Å². The van der Waals surface area contributed by atoms with E-state index in [2.05, 4.69) is 0 Å². The molecule has 4 nitrogen and oxygen atoms in total. The second kappa shape index (κ2) is 4.05. The average Bonchev–Trinajstić information content (AvgIpc) is 2.34. The van der Waals surface area contributed by atoms with Crippen LogP contribution in [-0.4, -0.2) is 25.8 Å². The number of hydrogen-bond acceptors (Lipinski definition) is 4. The number of benzene rings is 1. The smallest absolute Gasteiger partial charge is 0.178 e. The zero-order chi connectivity index (χ0) is 13.6. The molecule has 1 unspecified atom stereocenters. The fourth-order valence-corrected chi connectivity index (χ4v) is 4.12. The number of nitrogens with two attached hydrogens (primary N) is 1. The first-order valence-corrected chi connectivity index (χ1v) is 7.64. The van der Waals surface area contributed by atoms with Crippen LogP contribution in [-0.2, 0) is 15.4 Å². The molecule has 1 aromatic rings. The van der Waals surface area contributed by atoms with Crippen LogP contribution in [0.3, 0.4) is 0 Å². The molecule has 1 heterocycles. The van der Waals surface area contributed by atoms with Crippen molar-refractivity contribution in [1.82, 2.24) is 0 Å². The van der Waals surface area contributed by atoms with Crippen molar-refractivity contribution in [1.29, 1.82) is 0 Å². The fourth-order valence-electron chi connectivity index (χ4n) is 2.48. The van der Waals surface area contributed by atoms with Gasteiger partial charge in [0.05, 0.1) is 16.2 Å². The van der Waals surface area contributed by atoms with Gasteiger partial charge in [-0.15, -0.1) is 0 Å². The molecule has 1 aromatic carbocycles. The van der Waals surface area contributed by atoms with Gasteiger partial charge < -0.3 is 10.8 Å². The van der Waals surface area contributed by atoms with Crippen molar-refractivity contribution in [3.05, 3.63) is 29.8 Å². The average molecular weight is 269 g/mol. The van der Waals surface area contributed by atoms with E-state index in [9.17, 15) is 13.5 Å². The van der Waals surface area contributed by atoms with E-state index in [0.29, 0.717) is 5.56 Å². The predicted octanol–water partition coefficient (Wildman–Crippen LogP) is 1.04. The molecule has 5 heteroatoms. The highest BCUT2D eigenvalue weighted by Crippen LogP contribution is 2.47. The van der Waals surface area contributed by atoms with E-state index in [1.165, 1.54) is 0 Å². The topological polar surface area (TPSA) is 80.4 Å². The highest BCUT2D eigenvalue weighted by Gasteiger charge is 2.49. The van der Waals surface area contributed by atoms with Gasteiger partial charge in [-0.25, -0.2) is 8.42 Å². The Kier molecular flexibility index (Phi) is 3.04. The standard InChI is InChI=1S/C13H19NO3S/c1-12(2,9-14)13(15)7-8-18(16,17)11-6-4-3-5-10(11)13/h3-6,15H,7-9,14H2,1-2H3. The molecule has 0 spiro atoms. The Morgan fingerprint density at radius 2 is 2.00 bits per heavy atom. The third kappa shape index (κ3) is 1.77. The van der Waals surface area contributed by atoms with Crippen molar-refractivity contribution in [3.8, 4) is 0 Å². The summed E-state index contributed by atoms with van der Waals surface area (Å²) in [5, 5.41) is 10.9. The van der Waals surface area contributed by atoms with E-state index in [4.69, 9.17) is 5.73 Å². The van der Waals surface area contributed by atoms with Gasteiger partial charge in [-0.3, -0.25) is 0 Å². The zero-order valence-electron chi connectivity index (χ0n) is 10.7. The molecule has 0 radical (unpaired) electrons. The maximum atomic E-state index is 12.0. The first-order chi connectivity index (χ1) is 8.24.